The first kappa shape index (κ1) is 13.7. The summed E-state index contributed by atoms with van der Waals surface area (Å²) in [7, 11) is 0. The van der Waals surface area contributed by atoms with Crippen molar-refractivity contribution in [2.75, 3.05) is 6.26 Å². The molecule has 1 aliphatic rings. The van der Waals surface area contributed by atoms with E-state index >= 15 is 0 Å². The molecule has 2 rings (SSSR count). The predicted octanol–water partition coefficient (Wildman–Crippen LogP) is 2.15. The molecule has 1 fully saturated rings. The number of pyridine rings is 1. The number of aromatic amines is 1. The molecule has 0 aliphatic heterocycles. The normalized spacial score (nSPS) is 23.0. The molecular formula is C12H15BrN2O2S. The second-order valence-electron chi connectivity index (χ2n) is 4.41. The van der Waals surface area contributed by atoms with Gasteiger partial charge in [-0.2, -0.15) is 11.8 Å². The minimum Gasteiger partial charge on any atom is -0.349 e. The molecule has 2 atom stereocenters. The molecule has 0 bridgehead atoms. The van der Waals surface area contributed by atoms with E-state index in [1.54, 1.807) is 6.07 Å². The van der Waals surface area contributed by atoms with Crippen molar-refractivity contribution in [3.63, 3.8) is 0 Å². The fourth-order valence-corrected chi connectivity index (χ4v) is 3.30. The molecule has 18 heavy (non-hydrogen) atoms. The number of hydrogen-bond donors (Lipinski definition) is 2. The van der Waals surface area contributed by atoms with Crippen LogP contribution in [0.5, 0.6) is 0 Å². The molecule has 0 radical (unpaired) electrons. The van der Waals surface area contributed by atoms with E-state index in [4.69, 9.17) is 0 Å². The van der Waals surface area contributed by atoms with Gasteiger partial charge in [0.25, 0.3) is 11.5 Å². The van der Waals surface area contributed by atoms with E-state index in [9.17, 15) is 9.59 Å². The Morgan fingerprint density at radius 2 is 2.33 bits per heavy atom. The first-order valence-electron chi connectivity index (χ1n) is 5.82. The summed E-state index contributed by atoms with van der Waals surface area (Å²) in [5.74, 6) is -0.126. The maximum atomic E-state index is 12.0. The summed E-state index contributed by atoms with van der Waals surface area (Å²) in [6.45, 7) is 0. The molecule has 1 heterocycles. The minimum atomic E-state index is -0.227. The number of hydrogen-bond acceptors (Lipinski definition) is 3. The van der Waals surface area contributed by atoms with Gasteiger partial charge in [-0.25, -0.2) is 0 Å². The summed E-state index contributed by atoms with van der Waals surface area (Å²) in [4.78, 5) is 25.7. The van der Waals surface area contributed by atoms with Gasteiger partial charge >= 0.3 is 0 Å². The number of nitrogens with one attached hydrogen (secondary N) is 2. The first-order chi connectivity index (χ1) is 8.60. The van der Waals surface area contributed by atoms with E-state index in [0.717, 1.165) is 19.3 Å². The van der Waals surface area contributed by atoms with Crippen molar-refractivity contribution < 1.29 is 4.79 Å². The number of H-pyrrole nitrogens is 1. The molecule has 0 aromatic carbocycles. The fourth-order valence-electron chi connectivity index (χ4n) is 2.14. The van der Waals surface area contributed by atoms with Gasteiger partial charge in [0.1, 0.15) is 0 Å². The maximum absolute atomic E-state index is 12.0. The largest absolute Gasteiger partial charge is 0.349 e. The lowest BCUT2D eigenvalue weighted by Gasteiger charge is -2.12. The van der Waals surface area contributed by atoms with Gasteiger partial charge in [-0.05, 0) is 47.5 Å². The number of aromatic nitrogens is 1. The lowest BCUT2D eigenvalue weighted by atomic mass is 10.2. The van der Waals surface area contributed by atoms with Gasteiger partial charge in [0, 0.05) is 17.5 Å². The van der Waals surface area contributed by atoms with E-state index < -0.39 is 0 Å². The second kappa shape index (κ2) is 5.93. The van der Waals surface area contributed by atoms with Crippen LogP contribution in [0.1, 0.15) is 29.6 Å². The van der Waals surface area contributed by atoms with Crippen LogP contribution < -0.4 is 10.9 Å². The van der Waals surface area contributed by atoms with Crippen molar-refractivity contribution in [2.45, 2.75) is 30.6 Å². The Labute approximate surface area is 118 Å². The topological polar surface area (TPSA) is 62.0 Å². The van der Waals surface area contributed by atoms with Crippen LogP contribution in [-0.2, 0) is 0 Å². The van der Waals surface area contributed by atoms with Crippen molar-refractivity contribution in [1.29, 1.82) is 0 Å². The van der Waals surface area contributed by atoms with Gasteiger partial charge in [0.05, 0.1) is 10.0 Å². The molecule has 98 valence electrons. The first-order valence-corrected chi connectivity index (χ1v) is 7.90. The van der Waals surface area contributed by atoms with E-state index in [-0.39, 0.29) is 17.5 Å². The molecule has 1 aromatic rings. The standard InChI is InChI=1S/C12H15BrN2O2S/c1-18-9-3-2-8(5-9)15-11(16)7-4-10(13)12(17)14-6-7/h4,6,8-9H,2-3,5H2,1H3,(H,14,17)(H,15,16). The number of amides is 1. The highest BCUT2D eigenvalue weighted by Gasteiger charge is 2.25. The van der Waals surface area contributed by atoms with E-state index in [0.29, 0.717) is 15.3 Å². The van der Waals surface area contributed by atoms with Crippen LogP contribution in [0.3, 0.4) is 0 Å². The van der Waals surface area contributed by atoms with Crippen molar-refractivity contribution in [2.24, 2.45) is 0 Å². The molecule has 1 aliphatic carbocycles. The van der Waals surface area contributed by atoms with Crippen LogP contribution in [0, 0.1) is 0 Å². The van der Waals surface area contributed by atoms with E-state index in [1.807, 2.05) is 11.8 Å². The number of thioether (sulfide) groups is 1. The van der Waals surface area contributed by atoms with Gasteiger partial charge in [0.15, 0.2) is 0 Å². The summed E-state index contributed by atoms with van der Waals surface area (Å²) < 4.78 is 0.378. The Kier molecular flexibility index (Phi) is 4.50. The average molecular weight is 331 g/mol. The molecule has 1 saturated carbocycles. The van der Waals surface area contributed by atoms with E-state index in [2.05, 4.69) is 32.5 Å². The fraction of sp³-hybridized carbons (Fsp3) is 0.500. The van der Waals surface area contributed by atoms with Crippen molar-refractivity contribution in [3.8, 4) is 0 Å². The van der Waals surface area contributed by atoms with Crippen LogP contribution in [-0.4, -0.2) is 28.4 Å². The third-order valence-electron chi connectivity index (χ3n) is 3.17. The highest BCUT2D eigenvalue weighted by Crippen LogP contribution is 2.28. The summed E-state index contributed by atoms with van der Waals surface area (Å²) in [5, 5.41) is 3.66. The third kappa shape index (κ3) is 3.17. The van der Waals surface area contributed by atoms with Gasteiger partial charge in [-0.1, -0.05) is 0 Å². The molecule has 4 nitrogen and oxygen atoms in total. The SMILES string of the molecule is CSC1CCC(NC(=O)c2c[nH]c(=O)c(Br)c2)C1. The number of halogens is 1. The third-order valence-corrected chi connectivity index (χ3v) is 4.86. The lowest BCUT2D eigenvalue weighted by molar-refractivity contribution is 0.0937. The quantitative estimate of drug-likeness (QED) is 0.892. The monoisotopic (exact) mass is 330 g/mol. The highest BCUT2D eigenvalue weighted by molar-refractivity contribution is 9.10. The van der Waals surface area contributed by atoms with Crippen molar-refractivity contribution >= 4 is 33.6 Å². The minimum absolute atomic E-state index is 0.126. The van der Waals surface area contributed by atoms with Gasteiger partial charge in [-0.3, -0.25) is 9.59 Å². The van der Waals surface area contributed by atoms with Gasteiger partial charge in [0.2, 0.25) is 0 Å². The molecule has 1 aromatic heterocycles. The predicted molar refractivity (Wildman–Crippen MR) is 77.2 cm³/mol. The Balaban J connectivity index is 2.00. The zero-order valence-corrected chi connectivity index (χ0v) is 12.4. The summed E-state index contributed by atoms with van der Waals surface area (Å²) in [6, 6.07) is 1.80. The average Bonchev–Trinajstić information content (AvgIpc) is 2.80. The van der Waals surface area contributed by atoms with Crippen LogP contribution in [0.25, 0.3) is 0 Å². The number of rotatable bonds is 3. The molecule has 1 amide bonds. The summed E-state index contributed by atoms with van der Waals surface area (Å²) >= 11 is 4.98. The van der Waals surface area contributed by atoms with Crippen LogP contribution in [0.15, 0.2) is 21.5 Å². The molecule has 2 unspecified atom stereocenters. The van der Waals surface area contributed by atoms with Gasteiger partial charge in [-0.15, -0.1) is 0 Å². The zero-order valence-electron chi connectivity index (χ0n) is 10.0. The van der Waals surface area contributed by atoms with Gasteiger partial charge < -0.3 is 10.3 Å². The summed E-state index contributed by atoms with van der Waals surface area (Å²) in [5.41, 5.74) is 0.254. The van der Waals surface area contributed by atoms with E-state index in [1.165, 1.54) is 6.20 Å². The molecular weight excluding hydrogens is 316 g/mol. The Morgan fingerprint density at radius 3 is 2.94 bits per heavy atom. The molecule has 0 saturated heterocycles. The van der Waals surface area contributed by atoms with Crippen LogP contribution in [0.4, 0.5) is 0 Å². The van der Waals surface area contributed by atoms with Crippen molar-refractivity contribution in [3.05, 3.63) is 32.7 Å². The lowest BCUT2D eigenvalue weighted by Crippen LogP contribution is -2.33. The zero-order chi connectivity index (χ0) is 13.1. The maximum Gasteiger partial charge on any atom is 0.262 e. The molecule has 2 N–H and O–H groups in total. The van der Waals surface area contributed by atoms with Crippen LogP contribution >= 0.6 is 27.7 Å². The number of carbonyl (C=O) groups excluding carboxylic acids is 1. The molecule has 0 spiro atoms. The smallest absolute Gasteiger partial charge is 0.262 e. The Morgan fingerprint density at radius 1 is 1.56 bits per heavy atom. The number of carbonyl (C=O) groups is 1. The van der Waals surface area contributed by atoms with Crippen LogP contribution in [0.2, 0.25) is 0 Å². The molecule has 6 heteroatoms. The highest BCUT2D eigenvalue weighted by atomic mass is 79.9. The second-order valence-corrected chi connectivity index (χ2v) is 6.40. The summed E-state index contributed by atoms with van der Waals surface area (Å²) in [6.07, 6.45) is 6.76. The Hall–Kier alpha value is -0.750. The van der Waals surface area contributed by atoms with Crippen molar-refractivity contribution in [1.82, 2.24) is 10.3 Å². The Bertz CT molecular complexity index is 503.